The van der Waals surface area contributed by atoms with Gasteiger partial charge in [-0.15, -0.1) is 0 Å². The molecule has 0 spiro atoms. The first-order valence-corrected chi connectivity index (χ1v) is 16.4. The van der Waals surface area contributed by atoms with E-state index in [0.717, 1.165) is 20.8 Å². The average Bonchev–Trinajstić information content (AvgIpc) is 2.75. The van der Waals surface area contributed by atoms with Crippen molar-refractivity contribution in [3.8, 4) is 5.75 Å². The molecule has 0 aliphatic rings. The van der Waals surface area contributed by atoms with Crippen LogP contribution in [0.15, 0.2) is 65.6 Å². The standard InChI is InChI=1S/C15H34N.C12H11O2PS2/c1-5-6-7-8-9-10-11-12-13-14-15-16(2,3)4;13-15(16,14-11-7-3-1-4-8-11)17-12-9-5-2-6-10-12/h5-15H2,1-4H3;1-10H,(H,13,16)/q+1;/p-1. The summed E-state index contributed by atoms with van der Waals surface area (Å²) in [5.74, 6) is 0.536. The van der Waals surface area contributed by atoms with Gasteiger partial charge in [0.15, 0.2) is 0 Å². The lowest BCUT2D eigenvalue weighted by molar-refractivity contribution is -0.870. The first kappa shape index (κ1) is 30.2. The van der Waals surface area contributed by atoms with Crippen LogP contribution in [0.25, 0.3) is 0 Å². The number of benzene rings is 2. The van der Waals surface area contributed by atoms with Crippen molar-refractivity contribution >= 4 is 28.9 Å². The number of unbranched alkanes of at least 4 members (excludes halogenated alkanes) is 9. The number of hydrogen-bond acceptors (Lipinski definition) is 4. The molecule has 1 atom stereocenters. The van der Waals surface area contributed by atoms with Crippen LogP contribution in [0.2, 0.25) is 0 Å². The molecule has 6 heteroatoms. The summed E-state index contributed by atoms with van der Waals surface area (Å²) in [5, 5.41) is 0. The maximum atomic E-state index is 12.1. The Morgan fingerprint density at radius 1 is 0.758 bits per heavy atom. The first-order valence-electron chi connectivity index (χ1n) is 12.3. The SMILES string of the molecule is CCCCCCCCCCCC[N+](C)(C)C.[O-]P(=S)(Oc1ccccc1)Sc1ccccc1. The minimum Gasteiger partial charge on any atom is -0.783 e. The Kier molecular flexibility index (Phi) is 16.1. The number of rotatable bonds is 15. The van der Waals surface area contributed by atoms with Gasteiger partial charge in [0.05, 0.1) is 27.7 Å². The topological polar surface area (TPSA) is 32.3 Å². The second-order valence-electron chi connectivity index (χ2n) is 9.45. The average molecular weight is 510 g/mol. The normalized spacial score (nSPS) is 13.0. The van der Waals surface area contributed by atoms with E-state index in [-0.39, 0.29) is 0 Å². The molecule has 186 valence electrons. The summed E-state index contributed by atoms with van der Waals surface area (Å²) in [6, 6.07) is 18.4. The third-order valence-electron chi connectivity index (χ3n) is 5.10. The molecular formula is C27H44NO2PS2. The molecule has 2 aromatic carbocycles. The van der Waals surface area contributed by atoms with E-state index in [2.05, 4.69) is 28.1 Å². The summed E-state index contributed by atoms with van der Waals surface area (Å²) >= 11 is 6.09. The largest absolute Gasteiger partial charge is 0.783 e. The molecule has 0 N–H and O–H groups in total. The smallest absolute Gasteiger partial charge is 0.123 e. The molecular weight excluding hydrogens is 465 g/mol. The van der Waals surface area contributed by atoms with Crippen molar-refractivity contribution in [3.05, 3.63) is 60.7 Å². The molecule has 0 saturated heterocycles. The summed E-state index contributed by atoms with van der Waals surface area (Å²) in [6.07, 6.45) is 14.4. The molecule has 2 aromatic rings. The number of nitrogens with zero attached hydrogens (tertiary/aromatic N) is 1. The van der Waals surface area contributed by atoms with Gasteiger partial charge in [-0.05, 0) is 37.1 Å². The Labute approximate surface area is 212 Å². The maximum Gasteiger partial charge on any atom is 0.123 e. The molecule has 0 radical (unpaired) electrons. The molecule has 33 heavy (non-hydrogen) atoms. The molecule has 3 nitrogen and oxygen atoms in total. The van der Waals surface area contributed by atoms with E-state index in [1.807, 2.05) is 48.5 Å². The van der Waals surface area contributed by atoms with Crippen molar-refractivity contribution in [2.75, 3.05) is 27.7 Å². The maximum absolute atomic E-state index is 12.1. The summed E-state index contributed by atoms with van der Waals surface area (Å²) in [4.78, 5) is 13.0. The van der Waals surface area contributed by atoms with Crippen LogP contribution in [-0.4, -0.2) is 32.2 Å². The lowest BCUT2D eigenvalue weighted by Crippen LogP contribution is -2.35. The van der Waals surface area contributed by atoms with Crippen molar-refractivity contribution in [3.63, 3.8) is 0 Å². The Bertz CT molecular complexity index is 721. The van der Waals surface area contributed by atoms with Gasteiger partial charge >= 0.3 is 0 Å². The van der Waals surface area contributed by atoms with Gasteiger partial charge in [-0.1, -0.05) is 118 Å². The predicted octanol–water partition coefficient (Wildman–Crippen LogP) is 8.06. The monoisotopic (exact) mass is 509 g/mol. The van der Waals surface area contributed by atoms with Crippen LogP contribution in [0.5, 0.6) is 5.75 Å². The minimum atomic E-state index is -3.14. The highest BCUT2D eigenvalue weighted by Gasteiger charge is 2.07. The van der Waals surface area contributed by atoms with Crippen molar-refractivity contribution in [2.24, 2.45) is 0 Å². The third kappa shape index (κ3) is 18.2. The molecule has 0 heterocycles. The molecule has 0 bridgehead atoms. The van der Waals surface area contributed by atoms with Gasteiger partial charge < -0.3 is 13.9 Å². The van der Waals surface area contributed by atoms with E-state index in [0.29, 0.717) is 5.75 Å². The molecule has 0 aliphatic heterocycles. The van der Waals surface area contributed by atoms with E-state index >= 15 is 0 Å². The molecule has 1 unspecified atom stereocenters. The van der Waals surface area contributed by atoms with Crippen molar-refractivity contribution in [2.45, 2.75) is 76.0 Å². The quantitative estimate of drug-likeness (QED) is 0.138. The summed E-state index contributed by atoms with van der Waals surface area (Å²) < 4.78 is 6.46. The third-order valence-corrected chi connectivity index (χ3v) is 8.67. The van der Waals surface area contributed by atoms with Gasteiger partial charge in [0.2, 0.25) is 0 Å². The van der Waals surface area contributed by atoms with Crippen molar-refractivity contribution in [1.29, 1.82) is 0 Å². The fraction of sp³-hybridized carbons (Fsp3) is 0.556. The van der Waals surface area contributed by atoms with Crippen LogP contribution >= 0.6 is 17.1 Å². The van der Waals surface area contributed by atoms with Crippen LogP contribution < -0.4 is 9.42 Å². The van der Waals surface area contributed by atoms with Gasteiger partial charge in [-0.3, -0.25) is 0 Å². The number of para-hydroxylation sites is 1. The van der Waals surface area contributed by atoms with Gasteiger partial charge in [-0.25, -0.2) is 0 Å². The lowest BCUT2D eigenvalue weighted by atomic mass is 10.1. The van der Waals surface area contributed by atoms with Crippen LogP contribution in [-0.2, 0) is 11.8 Å². The zero-order valence-corrected chi connectivity index (χ0v) is 23.6. The fourth-order valence-corrected chi connectivity index (χ4v) is 6.81. The highest BCUT2D eigenvalue weighted by molar-refractivity contribution is 8.67. The minimum absolute atomic E-state index is 0.536. The second kappa shape index (κ2) is 17.6. The Hall–Kier alpha value is -0.840. The van der Waals surface area contributed by atoms with Crippen molar-refractivity contribution in [1.82, 2.24) is 0 Å². The lowest BCUT2D eigenvalue weighted by Gasteiger charge is -2.27. The summed E-state index contributed by atoms with van der Waals surface area (Å²) in [5.41, 5.74) is -3.14. The van der Waals surface area contributed by atoms with Crippen LogP contribution in [0, 0.1) is 0 Å². The van der Waals surface area contributed by atoms with Gasteiger partial charge in [0.25, 0.3) is 0 Å². The highest BCUT2D eigenvalue weighted by Crippen LogP contribution is 2.55. The number of quaternary nitrogens is 1. The second-order valence-corrected chi connectivity index (χ2v) is 15.3. The Balaban J connectivity index is 0.000000331. The van der Waals surface area contributed by atoms with Gasteiger partial charge in [0, 0.05) is 4.90 Å². The fourth-order valence-electron chi connectivity index (χ4n) is 3.31. The van der Waals surface area contributed by atoms with Crippen LogP contribution in [0.3, 0.4) is 0 Å². The zero-order valence-electron chi connectivity index (χ0n) is 21.1. The molecule has 0 aliphatic carbocycles. The highest BCUT2D eigenvalue weighted by atomic mass is 32.9. The van der Waals surface area contributed by atoms with Gasteiger partial charge in [0.1, 0.15) is 11.4 Å². The van der Waals surface area contributed by atoms with Crippen LogP contribution in [0.1, 0.15) is 71.1 Å². The van der Waals surface area contributed by atoms with Crippen LogP contribution in [0.4, 0.5) is 0 Å². The summed E-state index contributed by atoms with van der Waals surface area (Å²) in [6.45, 7) is 3.62. The molecule has 0 fully saturated rings. The van der Waals surface area contributed by atoms with E-state index in [1.54, 1.807) is 12.1 Å². The Morgan fingerprint density at radius 3 is 1.70 bits per heavy atom. The van der Waals surface area contributed by atoms with Crippen molar-refractivity contribution < 1.29 is 13.9 Å². The zero-order chi connectivity index (χ0) is 24.4. The van der Waals surface area contributed by atoms with E-state index in [9.17, 15) is 4.89 Å². The summed E-state index contributed by atoms with van der Waals surface area (Å²) in [7, 11) is 6.86. The predicted molar refractivity (Wildman–Crippen MR) is 148 cm³/mol. The Morgan fingerprint density at radius 2 is 1.21 bits per heavy atom. The molecule has 0 saturated carbocycles. The molecule has 0 aromatic heterocycles. The van der Waals surface area contributed by atoms with E-state index in [4.69, 9.17) is 16.3 Å². The molecule has 2 rings (SSSR count). The van der Waals surface area contributed by atoms with Gasteiger partial charge in [-0.2, -0.15) is 0 Å². The van der Waals surface area contributed by atoms with E-state index in [1.165, 1.54) is 70.8 Å². The number of hydrogen-bond donors (Lipinski definition) is 0. The molecule has 0 amide bonds. The first-order chi connectivity index (χ1) is 15.7. The van der Waals surface area contributed by atoms with E-state index < -0.39 is 5.69 Å².